The van der Waals surface area contributed by atoms with Gasteiger partial charge in [0, 0.05) is 6.92 Å². The van der Waals surface area contributed by atoms with Crippen molar-refractivity contribution >= 4 is 12.3 Å². The van der Waals surface area contributed by atoms with Gasteiger partial charge in [0.2, 0.25) is 0 Å². The lowest BCUT2D eigenvalue weighted by Crippen LogP contribution is -2.07. The Morgan fingerprint density at radius 3 is 2.00 bits per heavy atom. The zero-order valence-electron chi connectivity index (χ0n) is 6.00. The van der Waals surface area contributed by atoms with E-state index in [1.165, 1.54) is 20.1 Å². The van der Waals surface area contributed by atoms with Crippen molar-refractivity contribution in [1.82, 2.24) is 0 Å². The van der Waals surface area contributed by atoms with Gasteiger partial charge >= 0.3 is 5.97 Å². The van der Waals surface area contributed by atoms with Crippen LogP contribution in [0.3, 0.4) is 0 Å². The Bertz CT molecular complexity index is 97.9. The molecule has 4 heteroatoms. The van der Waals surface area contributed by atoms with Crippen LogP contribution in [0.25, 0.3) is 0 Å². The van der Waals surface area contributed by atoms with Crippen LogP contribution < -0.4 is 0 Å². The third-order valence-corrected chi connectivity index (χ3v) is 0.470. The van der Waals surface area contributed by atoms with Gasteiger partial charge in [-0.2, -0.15) is 0 Å². The highest BCUT2D eigenvalue weighted by Gasteiger charge is 2.00. The maximum Gasteiger partial charge on any atom is 0.305 e. The molecule has 0 aliphatic heterocycles. The van der Waals surface area contributed by atoms with E-state index in [0.717, 1.165) is 0 Å². The molecule has 1 unspecified atom stereocenters. The Balaban J connectivity index is 0. The summed E-state index contributed by atoms with van der Waals surface area (Å²) in [7, 11) is 0. The molecule has 1 radical (unpaired) electrons. The smallest absolute Gasteiger partial charge is 0.305 e. The van der Waals surface area contributed by atoms with E-state index in [1.54, 1.807) is 0 Å². The molecule has 0 aliphatic carbocycles. The average molecular weight is 147 g/mol. The van der Waals surface area contributed by atoms with Crippen molar-refractivity contribution in [1.29, 1.82) is 0 Å². The summed E-state index contributed by atoms with van der Waals surface area (Å²) in [5, 5.41) is 16.3. The van der Waals surface area contributed by atoms with Crippen molar-refractivity contribution in [2.75, 3.05) is 0 Å². The molecule has 0 fully saturated rings. The summed E-state index contributed by atoms with van der Waals surface area (Å²) in [6, 6.07) is 0. The molecule has 4 nitrogen and oxygen atoms in total. The summed E-state index contributed by atoms with van der Waals surface area (Å²) in [4.78, 5) is 18.3. The number of carbonyl (C=O) groups excluding carboxylic acids is 1. The Morgan fingerprint density at radius 2 is 2.00 bits per heavy atom. The fourth-order valence-electron chi connectivity index (χ4n) is 0.253. The second-order valence-corrected chi connectivity index (χ2v) is 1.65. The van der Waals surface area contributed by atoms with Crippen molar-refractivity contribution in [2.24, 2.45) is 0 Å². The molecular weight excluding hydrogens is 136 g/mol. The second-order valence-electron chi connectivity index (χ2n) is 1.65. The molecule has 0 aromatic rings. The van der Waals surface area contributed by atoms with Crippen molar-refractivity contribution in [3.63, 3.8) is 0 Å². The minimum atomic E-state index is -0.963. The van der Waals surface area contributed by atoms with Crippen LogP contribution in [0, 0.1) is 0 Å². The summed E-state index contributed by atoms with van der Waals surface area (Å²) >= 11 is 0. The normalized spacial score (nSPS) is 10.7. The first-order valence-corrected chi connectivity index (χ1v) is 2.73. The highest BCUT2D eigenvalue weighted by atomic mass is 16.4. The monoisotopic (exact) mass is 147 g/mol. The topological polar surface area (TPSA) is 74.6 Å². The van der Waals surface area contributed by atoms with Crippen molar-refractivity contribution in [3.8, 4) is 0 Å². The third-order valence-electron chi connectivity index (χ3n) is 0.470. The quantitative estimate of drug-likeness (QED) is 0.574. The molecule has 0 amide bonds. The van der Waals surface area contributed by atoms with Gasteiger partial charge in [-0.1, -0.05) is 0 Å². The number of carboxylic acids is 1. The molecule has 0 spiro atoms. The fourth-order valence-corrected chi connectivity index (χ4v) is 0.253. The number of aliphatic hydroxyl groups excluding tert-OH is 1. The largest absolute Gasteiger partial charge is 0.481 e. The molecule has 0 rings (SSSR count). The van der Waals surface area contributed by atoms with E-state index >= 15 is 0 Å². The molecule has 59 valence electrons. The maximum absolute atomic E-state index is 9.65. The lowest BCUT2D eigenvalue weighted by Gasteiger charge is -1.94. The van der Waals surface area contributed by atoms with E-state index in [2.05, 4.69) is 0 Å². The van der Waals surface area contributed by atoms with Crippen LogP contribution in [0.15, 0.2) is 0 Å². The molecule has 0 aromatic heterocycles. The first-order chi connectivity index (χ1) is 4.54. The Morgan fingerprint density at radius 1 is 1.70 bits per heavy atom. The Hall–Kier alpha value is -0.900. The van der Waals surface area contributed by atoms with Gasteiger partial charge in [0.1, 0.15) is 0 Å². The van der Waals surface area contributed by atoms with E-state index in [4.69, 9.17) is 15.0 Å². The van der Waals surface area contributed by atoms with Gasteiger partial charge in [0.25, 0.3) is 0 Å². The van der Waals surface area contributed by atoms with Crippen LogP contribution in [-0.4, -0.2) is 28.6 Å². The number of carboxylic acid groups (broad SMARTS) is 1. The summed E-state index contributed by atoms with van der Waals surface area (Å²) in [6.45, 7) is 2.76. The Kier molecular flexibility index (Phi) is 9.59. The molecule has 0 bridgehead atoms. The van der Waals surface area contributed by atoms with Crippen LogP contribution in [-0.2, 0) is 9.59 Å². The SMILES string of the molecule is CC(O)CC(=O)O.C[C]=O. The highest BCUT2D eigenvalue weighted by Crippen LogP contribution is 1.85. The molecular formula is C6H11O4. The number of rotatable bonds is 2. The van der Waals surface area contributed by atoms with Gasteiger partial charge in [0.15, 0.2) is 6.29 Å². The van der Waals surface area contributed by atoms with Crippen LogP contribution in [0.5, 0.6) is 0 Å². The molecule has 0 aromatic carbocycles. The minimum absolute atomic E-state index is 0.167. The molecule has 0 aliphatic rings. The zero-order valence-corrected chi connectivity index (χ0v) is 6.00. The van der Waals surface area contributed by atoms with E-state index in [0.29, 0.717) is 0 Å². The number of hydrogen-bond acceptors (Lipinski definition) is 3. The van der Waals surface area contributed by atoms with Gasteiger partial charge in [-0.15, -0.1) is 0 Å². The molecule has 2 N–H and O–H groups in total. The van der Waals surface area contributed by atoms with Gasteiger partial charge in [-0.3, -0.25) is 9.59 Å². The molecule has 10 heavy (non-hydrogen) atoms. The predicted molar refractivity (Wildman–Crippen MR) is 35.3 cm³/mol. The van der Waals surface area contributed by atoms with E-state index < -0.39 is 12.1 Å². The van der Waals surface area contributed by atoms with Crippen LogP contribution in [0.1, 0.15) is 20.3 Å². The molecule has 1 atom stereocenters. The van der Waals surface area contributed by atoms with Crippen molar-refractivity contribution in [2.45, 2.75) is 26.4 Å². The zero-order chi connectivity index (χ0) is 8.57. The second kappa shape index (κ2) is 8.10. The number of carbonyl (C=O) groups is 1. The minimum Gasteiger partial charge on any atom is -0.481 e. The molecule has 0 heterocycles. The Labute approximate surface area is 59.5 Å². The van der Waals surface area contributed by atoms with E-state index in [9.17, 15) is 4.79 Å². The van der Waals surface area contributed by atoms with Crippen molar-refractivity contribution < 1.29 is 19.8 Å². The van der Waals surface area contributed by atoms with Crippen LogP contribution >= 0.6 is 0 Å². The first kappa shape index (κ1) is 11.8. The standard InChI is InChI=1S/C4H8O3.C2H3O/c1-3(5)2-4(6)7;1-2-3/h3,5H,2H2,1H3,(H,6,7);1H3. The third kappa shape index (κ3) is 27.5. The predicted octanol–water partition coefficient (Wildman–Crippen LogP) is -0.0421. The summed E-state index contributed by atoms with van der Waals surface area (Å²) in [5.74, 6) is -0.963. The average Bonchev–Trinajstić information content (AvgIpc) is 1.62. The fraction of sp³-hybridized carbons (Fsp3) is 0.667. The number of aliphatic hydroxyl groups is 1. The summed E-state index contributed by atoms with van der Waals surface area (Å²) in [6.07, 6.45) is 0.609. The first-order valence-electron chi connectivity index (χ1n) is 2.73. The number of hydrogen-bond donors (Lipinski definition) is 2. The van der Waals surface area contributed by atoms with Gasteiger partial charge in [-0.05, 0) is 6.92 Å². The molecule has 0 saturated heterocycles. The molecule has 0 saturated carbocycles. The lowest BCUT2D eigenvalue weighted by atomic mass is 10.3. The highest BCUT2D eigenvalue weighted by molar-refractivity contribution is 5.67. The number of aliphatic carboxylic acids is 1. The van der Waals surface area contributed by atoms with Crippen molar-refractivity contribution in [3.05, 3.63) is 0 Å². The van der Waals surface area contributed by atoms with Gasteiger partial charge in [0.05, 0.1) is 12.5 Å². The van der Waals surface area contributed by atoms with Crippen LogP contribution in [0.4, 0.5) is 0 Å². The van der Waals surface area contributed by atoms with E-state index in [-0.39, 0.29) is 6.42 Å². The van der Waals surface area contributed by atoms with E-state index in [1.807, 2.05) is 0 Å². The van der Waals surface area contributed by atoms with Gasteiger partial charge in [-0.25, -0.2) is 0 Å². The summed E-state index contributed by atoms with van der Waals surface area (Å²) < 4.78 is 0. The van der Waals surface area contributed by atoms with Gasteiger partial charge < -0.3 is 10.2 Å². The summed E-state index contributed by atoms with van der Waals surface area (Å²) in [5.41, 5.74) is 0. The lowest BCUT2D eigenvalue weighted by molar-refractivity contribution is -0.138. The maximum atomic E-state index is 9.65. The van der Waals surface area contributed by atoms with Crippen LogP contribution in [0.2, 0.25) is 0 Å².